The summed E-state index contributed by atoms with van der Waals surface area (Å²) >= 11 is 0. The van der Waals surface area contributed by atoms with Crippen molar-refractivity contribution in [3.05, 3.63) is 36.3 Å². The van der Waals surface area contributed by atoms with Crippen molar-refractivity contribution in [3.8, 4) is 0 Å². The van der Waals surface area contributed by atoms with Gasteiger partial charge < -0.3 is 19.7 Å². The zero-order chi connectivity index (χ0) is 18.2. The van der Waals surface area contributed by atoms with Gasteiger partial charge in [-0.3, -0.25) is 4.79 Å². The van der Waals surface area contributed by atoms with Gasteiger partial charge in [-0.2, -0.15) is 13.2 Å². The molecule has 1 aliphatic rings. The average Bonchev–Trinajstić information content (AvgIpc) is 3.18. The Labute approximate surface area is 140 Å². The summed E-state index contributed by atoms with van der Waals surface area (Å²) in [7, 11) is 0. The number of carboxylic acids is 1. The van der Waals surface area contributed by atoms with Crippen LogP contribution in [0.2, 0.25) is 0 Å². The van der Waals surface area contributed by atoms with Gasteiger partial charge in [-0.15, -0.1) is 0 Å². The van der Waals surface area contributed by atoms with Gasteiger partial charge in [0.1, 0.15) is 5.65 Å². The van der Waals surface area contributed by atoms with Crippen LogP contribution in [0.4, 0.5) is 18.0 Å². The number of hydrogen-bond donors (Lipinski definition) is 2. The normalized spacial score (nSPS) is 20.8. The Kier molecular flexibility index (Phi) is 4.27. The van der Waals surface area contributed by atoms with Gasteiger partial charge in [0, 0.05) is 38.2 Å². The SMILES string of the molecule is O=C(O)[C@@H]1CN(C(=O)NCc2ccn3ccnc3c2)C[C@H]1C(F)(F)F. The molecule has 0 saturated carbocycles. The number of pyridine rings is 1. The fraction of sp³-hybridized carbons (Fsp3) is 0.400. The van der Waals surface area contributed by atoms with E-state index in [2.05, 4.69) is 10.3 Å². The van der Waals surface area contributed by atoms with Crippen LogP contribution < -0.4 is 5.32 Å². The van der Waals surface area contributed by atoms with E-state index in [0.29, 0.717) is 5.65 Å². The molecule has 0 bridgehead atoms. The first-order chi connectivity index (χ1) is 11.8. The maximum Gasteiger partial charge on any atom is 0.394 e. The van der Waals surface area contributed by atoms with E-state index in [1.807, 2.05) is 0 Å². The molecule has 0 aromatic carbocycles. The molecule has 2 atom stereocenters. The number of imidazole rings is 1. The lowest BCUT2D eigenvalue weighted by molar-refractivity contribution is -0.187. The van der Waals surface area contributed by atoms with E-state index in [0.717, 1.165) is 10.5 Å². The number of amides is 2. The molecule has 3 heterocycles. The number of carboxylic acid groups (broad SMARTS) is 1. The Bertz CT molecular complexity index is 805. The van der Waals surface area contributed by atoms with Crippen LogP contribution in [0.5, 0.6) is 0 Å². The molecule has 0 unspecified atom stereocenters. The molecule has 3 rings (SSSR count). The van der Waals surface area contributed by atoms with Crippen LogP contribution in [0.1, 0.15) is 5.56 Å². The van der Waals surface area contributed by atoms with E-state index in [1.165, 1.54) is 0 Å². The van der Waals surface area contributed by atoms with Gasteiger partial charge in [0.25, 0.3) is 0 Å². The number of fused-ring (bicyclic) bond motifs is 1. The average molecular weight is 356 g/mol. The van der Waals surface area contributed by atoms with Gasteiger partial charge >= 0.3 is 18.2 Å². The highest BCUT2D eigenvalue weighted by Crippen LogP contribution is 2.37. The molecule has 134 valence electrons. The number of aliphatic carboxylic acids is 1. The quantitative estimate of drug-likeness (QED) is 0.877. The number of halogens is 3. The van der Waals surface area contributed by atoms with Gasteiger partial charge in [0.15, 0.2) is 0 Å². The van der Waals surface area contributed by atoms with Crippen molar-refractivity contribution in [2.24, 2.45) is 11.8 Å². The van der Waals surface area contributed by atoms with Gasteiger partial charge in [-0.25, -0.2) is 9.78 Å². The third kappa shape index (κ3) is 3.52. The van der Waals surface area contributed by atoms with E-state index in [1.54, 1.807) is 35.1 Å². The second kappa shape index (κ2) is 6.26. The lowest BCUT2D eigenvalue weighted by atomic mass is 9.96. The summed E-state index contributed by atoms with van der Waals surface area (Å²) in [5, 5.41) is 11.5. The van der Waals surface area contributed by atoms with Gasteiger partial charge in [0.05, 0.1) is 11.8 Å². The Morgan fingerprint density at radius 2 is 2.08 bits per heavy atom. The van der Waals surface area contributed by atoms with E-state index in [-0.39, 0.29) is 6.54 Å². The van der Waals surface area contributed by atoms with E-state index < -0.39 is 43.1 Å². The molecule has 1 saturated heterocycles. The summed E-state index contributed by atoms with van der Waals surface area (Å²) in [6.07, 6.45) is 0.458. The monoisotopic (exact) mass is 356 g/mol. The van der Waals surface area contributed by atoms with Crippen molar-refractivity contribution >= 4 is 17.6 Å². The van der Waals surface area contributed by atoms with Crippen molar-refractivity contribution in [1.82, 2.24) is 19.6 Å². The topological polar surface area (TPSA) is 86.9 Å². The highest BCUT2D eigenvalue weighted by molar-refractivity contribution is 5.77. The summed E-state index contributed by atoms with van der Waals surface area (Å²) in [4.78, 5) is 28.1. The molecule has 10 heteroatoms. The van der Waals surface area contributed by atoms with Crippen molar-refractivity contribution in [3.63, 3.8) is 0 Å². The fourth-order valence-corrected chi connectivity index (χ4v) is 2.90. The summed E-state index contributed by atoms with van der Waals surface area (Å²) in [6, 6.07) is 2.77. The second-order valence-corrected chi connectivity index (χ2v) is 5.88. The van der Waals surface area contributed by atoms with Gasteiger partial charge in [-0.05, 0) is 17.7 Å². The summed E-state index contributed by atoms with van der Waals surface area (Å²) in [6.45, 7) is -1.02. The molecule has 1 aliphatic heterocycles. The number of alkyl halides is 3. The highest BCUT2D eigenvalue weighted by Gasteiger charge is 2.53. The molecule has 2 N–H and O–H groups in total. The molecule has 0 aliphatic carbocycles. The minimum atomic E-state index is -4.66. The minimum Gasteiger partial charge on any atom is -0.481 e. The second-order valence-electron chi connectivity index (χ2n) is 5.88. The first-order valence-electron chi connectivity index (χ1n) is 7.49. The molecule has 2 aromatic heterocycles. The maximum atomic E-state index is 12.9. The lowest BCUT2D eigenvalue weighted by Crippen LogP contribution is -2.39. The zero-order valence-corrected chi connectivity index (χ0v) is 12.9. The van der Waals surface area contributed by atoms with Gasteiger partial charge in [-0.1, -0.05) is 0 Å². The molecule has 2 amide bonds. The number of nitrogens with zero attached hydrogens (tertiary/aromatic N) is 3. The van der Waals surface area contributed by atoms with Crippen molar-refractivity contribution in [2.45, 2.75) is 12.7 Å². The molecule has 1 fully saturated rings. The van der Waals surface area contributed by atoms with Crippen LogP contribution in [0.15, 0.2) is 30.7 Å². The summed E-state index contributed by atoms with van der Waals surface area (Å²) in [5.41, 5.74) is 1.41. The predicted molar refractivity (Wildman–Crippen MR) is 79.7 cm³/mol. The van der Waals surface area contributed by atoms with Gasteiger partial charge in [0.2, 0.25) is 0 Å². The predicted octanol–water partition coefficient (Wildman–Crippen LogP) is 1.74. The summed E-state index contributed by atoms with van der Waals surface area (Å²) in [5.74, 6) is -5.26. The van der Waals surface area contributed by atoms with Crippen molar-refractivity contribution in [2.75, 3.05) is 13.1 Å². The molecule has 0 spiro atoms. The number of carbonyl (C=O) groups excluding carboxylic acids is 1. The van der Waals surface area contributed by atoms with Crippen molar-refractivity contribution < 1.29 is 27.9 Å². The first-order valence-corrected chi connectivity index (χ1v) is 7.49. The Morgan fingerprint density at radius 1 is 1.32 bits per heavy atom. The first kappa shape index (κ1) is 17.1. The Morgan fingerprint density at radius 3 is 2.72 bits per heavy atom. The van der Waals surface area contributed by atoms with Crippen LogP contribution in [-0.4, -0.2) is 50.7 Å². The Balaban J connectivity index is 1.64. The lowest BCUT2D eigenvalue weighted by Gasteiger charge is -2.18. The number of carbonyl (C=O) groups is 2. The number of nitrogens with one attached hydrogen (secondary N) is 1. The molecule has 25 heavy (non-hydrogen) atoms. The van der Waals surface area contributed by atoms with Crippen LogP contribution in [0.3, 0.4) is 0 Å². The minimum absolute atomic E-state index is 0.104. The zero-order valence-electron chi connectivity index (χ0n) is 12.9. The Hall–Kier alpha value is -2.78. The number of rotatable bonds is 3. The van der Waals surface area contributed by atoms with Crippen LogP contribution >= 0.6 is 0 Å². The molecular formula is C15H15F3N4O3. The third-order valence-electron chi connectivity index (χ3n) is 4.25. The number of urea groups is 1. The standard InChI is InChI=1S/C15H15F3N4O3/c16-15(17,18)11-8-22(7-10(11)13(23)24)14(25)20-6-9-1-3-21-4-2-19-12(21)5-9/h1-5,10-11H,6-8H2,(H,20,25)(H,23,24)/t10-,11-/m1/s1. The molecule has 7 nitrogen and oxygen atoms in total. The maximum absolute atomic E-state index is 12.9. The largest absolute Gasteiger partial charge is 0.481 e. The molecule has 2 aromatic rings. The third-order valence-corrected chi connectivity index (χ3v) is 4.25. The summed E-state index contributed by atoms with van der Waals surface area (Å²) < 4.78 is 40.6. The van der Waals surface area contributed by atoms with E-state index in [9.17, 15) is 22.8 Å². The van der Waals surface area contributed by atoms with E-state index in [4.69, 9.17) is 5.11 Å². The highest BCUT2D eigenvalue weighted by atomic mass is 19.4. The molecule has 0 radical (unpaired) electrons. The molecular weight excluding hydrogens is 341 g/mol. The van der Waals surface area contributed by atoms with Crippen LogP contribution in [0.25, 0.3) is 5.65 Å². The van der Waals surface area contributed by atoms with Crippen molar-refractivity contribution in [1.29, 1.82) is 0 Å². The van der Waals surface area contributed by atoms with Crippen LogP contribution in [0, 0.1) is 11.8 Å². The number of hydrogen-bond acceptors (Lipinski definition) is 3. The number of aromatic nitrogens is 2. The van der Waals surface area contributed by atoms with Crippen LogP contribution in [-0.2, 0) is 11.3 Å². The van der Waals surface area contributed by atoms with E-state index >= 15 is 0 Å². The number of likely N-dealkylation sites (tertiary alicyclic amines) is 1. The smallest absolute Gasteiger partial charge is 0.394 e. The fourth-order valence-electron chi connectivity index (χ4n) is 2.90.